The summed E-state index contributed by atoms with van der Waals surface area (Å²) in [5.41, 5.74) is 2.91. The van der Waals surface area contributed by atoms with Crippen molar-refractivity contribution in [1.29, 1.82) is 0 Å². The Kier molecular flexibility index (Phi) is 5.67. The summed E-state index contributed by atoms with van der Waals surface area (Å²) in [7, 11) is 1.63. The molecule has 4 aromatic rings. The number of nitrogens with zero attached hydrogens (tertiary/aromatic N) is 3. The minimum atomic E-state index is -0.385. The third-order valence-electron chi connectivity index (χ3n) is 5.23. The van der Waals surface area contributed by atoms with Crippen LogP contribution in [0.4, 0.5) is 0 Å². The van der Waals surface area contributed by atoms with Gasteiger partial charge in [0.15, 0.2) is 0 Å². The first kappa shape index (κ1) is 19.9. The van der Waals surface area contributed by atoms with Gasteiger partial charge in [-0.05, 0) is 30.2 Å². The molecule has 0 radical (unpaired) electrons. The topological polar surface area (TPSA) is 97.7 Å². The van der Waals surface area contributed by atoms with E-state index in [2.05, 4.69) is 15.1 Å². The highest BCUT2D eigenvalue weighted by Gasteiger charge is 2.18. The first-order valence-corrected chi connectivity index (χ1v) is 10.1. The van der Waals surface area contributed by atoms with E-state index in [1.165, 1.54) is 4.57 Å². The maximum atomic E-state index is 12.8. The number of fused-ring (bicyclic) bond motifs is 1. The Labute approximate surface area is 173 Å². The summed E-state index contributed by atoms with van der Waals surface area (Å²) in [6, 6.07) is 11.6. The molecule has 3 heterocycles. The quantitative estimate of drug-likeness (QED) is 0.469. The predicted octanol–water partition coefficient (Wildman–Crippen LogP) is 2.93. The Morgan fingerprint density at radius 1 is 1.17 bits per heavy atom. The second kappa shape index (κ2) is 8.54. The first-order chi connectivity index (χ1) is 14.6. The molecule has 0 fully saturated rings. The highest BCUT2D eigenvalue weighted by Crippen LogP contribution is 2.23. The van der Waals surface area contributed by atoms with Crippen LogP contribution in [-0.2, 0) is 17.7 Å². The molecule has 8 nitrogen and oxygen atoms in total. The lowest BCUT2D eigenvalue weighted by molar-refractivity contribution is 0.101. The molecule has 1 unspecified atom stereocenters. The molecule has 0 saturated carbocycles. The number of unbranched alkanes of at least 4 members (excludes halogenated alkanes) is 1. The van der Waals surface area contributed by atoms with Gasteiger partial charge in [0.25, 0.3) is 5.56 Å². The van der Waals surface area contributed by atoms with Gasteiger partial charge in [0, 0.05) is 32.0 Å². The molecule has 0 spiro atoms. The molecule has 4 rings (SSSR count). The lowest BCUT2D eigenvalue weighted by Crippen LogP contribution is -2.34. The molecule has 3 aromatic heterocycles. The fraction of sp³-hybridized carbons (Fsp3) is 0.318. The third kappa shape index (κ3) is 3.86. The van der Waals surface area contributed by atoms with Crippen LogP contribution in [0.2, 0.25) is 0 Å². The van der Waals surface area contributed by atoms with Gasteiger partial charge >= 0.3 is 5.69 Å². The fourth-order valence-corrected chi connectivity index (χ4v) is 3.57. The smallest absolute Gasteiger partial charge is 0.328 e. The molecule has 156 valence electrons. The lowest BCUT2D eigenvalue weighted by Gasteiger charge is -2.12. The Morgan fingerprint density at radius 3 is 2.70 bits per heavy atom. The number of nitrogens with one attached hydrogen (secondary N) is 2. The van der Waals surface area contributed by atoms with E-state index < -0.39 is 0 Å². The molecule has 0 aliphatic heterocycles. The SMILES string of the molecule is CCCCn1c(=O)[nH]c2cc(C(Cc3cnn(-c4ccccc4)c3)OC)[nH]c2c1=O. The maximum absolute atomic E-state index is 12.8. The zero-order valence-electron chi connectivity index (χ0n) is 17.1. The standard InChI is InChI=1S/C22H25N5O3/c1-3-4-10-26-21(28)20-18(25-22(26)29)12-17(24-20)19(30-2)11-15-13-23-27(14-15)16-8-6-5-7-9-16/h5-9,12-14,19,24H,3-4,10-11H2,1-2H3,(H,25,29). The van der Waals surface area contributed by atoms with Crippen molar-refractivity contribution >= 4 is 11.0 Å². The number of rotatable bonds is 8. The van der Waals surface area contributed by atoms with Gasteiger partial charge in [0.2, 0.25) is 0 Å². The largest absolute Gasteiger partial charge is 0.375 e. The van der Waals surface area contributed by atoms with Crippen molar-refractivity contribution in [2.24, 2.45) is 0 Å². The van der Waals surface area contributed by atoms with Crippen molar-refractivity contribution in [2.45, 2.75) is 38.8 Å². The number of benzene rings is 1. The highest BCUT2D eigenvalue weighted by molar-refractivity contribution is 5.74. The summed E-state index contributed by atoms with van der Waals surface area (Å²) in [5.74, 6) is 0. The number of hydrogen-bond donors (Lipinski definition) is 2. The van der Waals surface area contributed by atoms with Crippen molar-refractivity contribution in [1.82, 2.24) is 24.3 Å². The molecule has 30 heavy (non-hydrogen) atoms. The Balaban J connectivity index is 1.62. The van der Waals surface area contributed by atoms with Crippen LogP contribution < -0.4 is 11.2 Å². The highest BCUT2D eigenvalue weighted by atomic mass is 16.5. The van der Waals surface area contributed by atoms with Crippen LogP contribution >= 0.6 is 0 Å². The lowest BCUT2D eigenvalue weighted by atomic mass is 10.1. The average Bonchev–Trinajstić information content (AvgIpc) is 3.40. The van der Waals surface area contributed by atoms with Crippen LogP contribution in [-0.4, -0.2) is 31.4 Å². The molecular formula is C22H25N5O3. The molecule has 2 N–H and O–H groups in total. The van der Waals surface area contributed by atoms with E-state index in [9.17, 15) is 9.59 Å². The van der Waals surface area contributed by atoms with Crippen molar-refractivity contribution < 1.29 is 4.74 Å². The number of H-pyrrole nitrogens is 2. The number of ether oxygens (including phenoxy) is 1. The summed E-state index contributed by atoms with van der Waals surface area (Å²) in [6.45, 7) is 2.43. The molecule has 0 aliphatic carbocycles. The van der Waals surface area contributed by atoms with Gasteiger partial charge < -0.3 is 14.7 Å². The van der Waals surface area contributed by atoms with Crippen LogP contribution in [0, 0.1) is 0 Å². The van der Waals surface area contributed by atoms with Crippen LogP contribution in [0.5, 0.6) is 0 Å². The fourth-order valence-electron chi connectivity index (χ4n) is 3.57. The van der Waals surface area contributed by atoms with E-state index in [1.54, 1.807) is 19.4 Å². The van der Waals surface area contributed by atoms with Crippen LogP contribution in [0.15, 0.2) is 58.4 Å². The molecular weight excluding hydrogens is 382 g/mol. The second-order valence-electron chi connectivity index (χ2n) is 7.31. The van der Waals surface area contributed by atoms with Gasteiger partial charge in [0.1, 0.15) is 11.6 Å². The average molecular weight is 407 g/mol. The van der Waals surface area contributed by atoms with Gasteiger partial charge in [-0.25, -0.2) is 9.48 Å². The van der Waals surface area contributed by atoms with E-state index in [0.717, 1.165) is 29.8 Å². The van der Waals surface area contributed by atoms with Crippen LogP contribution in [0.1, 0.15) is 37.1 Å². The normalized spacial score (nSPS) is 12.5. The molecule has 1 aromatic carbocycles. The monoisotopic (exact) mass is 407 g/mol. The predicted molar refractivity (Wildman–Crippen MR) is 115 cm³/mol. The molecule has 0 aliphatic rings. The first-order valence-electron chi connectivity index (χ1n) is 10.1. The number of methoxy groups -OCH3 is 1. The minimum Gasteiger partial charge on any atom is -0.375 e. The van der Waals surface area contributed by atoms with Crippen molar-refractivity contribution in [3.05, 3.63) is 80.9 Å². The Hall–Kier alpha value is -3.39. The van der Waals surface area contributed by atoms with Crippen molar-refractivity contribution in [3.63, 3.8) is 0 Å². The van der Waals surface area contributed by atoms with E-state index in [-0.39, 0.29) is 17.4 Å². The zero-order chi connectivity index (χ0) is 21.1. The molecule has 8 heteroatoms. The van der Waals surface area contributed by atoms with Crippen molar-refractivity contribution in [2.75, 3.05) is 7.11 Å². The minimum absolute atomic E-state index is 0.305. The molecule has 0 saturated heterocycles. The van der Waals surface area contributed by atoms with Gasteiger partial charge in [-0.15, -0.1) is 0 Å². The summed E-state index contributed by atoms with van der Waals surface area (Å²) in [5, 5.41) is 4.43. The van der Waals surface area contributed by atoms with E-state index in [0.29, 0.717) is 24.0 Å². The summed E-state index contributed by atoms with van der Waals surface area (Å²) in [6.07, 6.45) is 5.71. The van der Waals surface area contributed by atoms with Gasteiger partial charge in [-0.1, -0.05) is 31.5 Å². The van der Waals surface area contributed by atoms with E-state index in [4.69, 9.17) is 4.74 Å². The zero-order valence-corrected chi connectivity index (χ0v) is 17.1. The van der Waals surface area contributed by atoms with Gasteiger partial charge in [-0.2, -0.15) is 5.10 Å². The Bertz CT molecular complexity index is 1250. The Morgan fingerprint density at radius 2 is 1.97 bits per heavy atom. The molecule has 0 amide bonds. The summed E-state index contributed by atoms with van der Waals surface area (Å²) in [4.78, 5) is 31.0. The number of aromatic nitrogens is 5. The molecule has 0 bridgehead atoms. The summed E-state index contributed by atoms with van der Waals surface area (Å²) >= 11 is 0. The maximum Gasteiger partial charge on any atom is 0.328 e. The van der Waals surface area contributed by atoms with Crippen molar-refractivity contribution in [3.8, 4) is 5.69 Å². The van der Waals surface area contributed by atoms with Gasteiger partial charge in [-0.3, -0.25) is 9.36 Å². The van der Waals surface area contributed by atoms with Crippen LogP contribution in [0.3, 0.4) is 0 Å². The van der Waals surface area contributed by atoms with E-state index >= 15 is 0 Å². The van der Waals surface area contributed by atoms with Crippen LogP contribution in [0.25, 0.3) is 16.7 Å². The molecule has 1 atom stereocenters. The third-order valence-corrected chi connectivity index (χ3v) is 5.23. The second-order valence-corrected chi connectivity index (χ2v) is 7.31. The number of aromatic amines is 2. The van der Waals surface area contributed by atoms with E-state index in [1.807, 2.05) is 48.1 Å². The summed E-state index contributed by atoms with van der Waals surface area (Å²) < 4.78 is 8.75. The number of para-hydroxylation sites is 1. The van der Waals surface area contributed by atoms with Gasteiger partial charge in [0.05, 0.1) is 17.4 Å². The number of hydrogen-bond acceptors (Lipinski definition) is 4.